The Balaban J connectivity index is 2.60. The molecular weight excluding hydrogens is 240 g/mol. The number of hydrogen-bond donors (Lipinski definition) is 0. The van der Waals surface area contributed by atoms with Crippen molar-refractivity contribution in [2.75, 3.05) is 13.2 Å². The summed E-state index contributed by atoms with van der Waals surface area (Å²) in [7, 11) is 0. The molecule has 1 aliphatic rings. The fourth-order valence-electron chi connectivity index (χ4n) is 1.10. The highest BCUT2D eigenvalue weighted by Crippen LogP contribution is 2.30. The van der Waals surface area contributed by atoms with Crippen LogP contribution in [0.3, 0.4) is 0 Å². The molecule has 0 aromatic heterocycles. The van der Waals surface area contributed by atoms with Crippen molar-refractivity contribution in [3.63, 3.8) is 0 Å². The van der Waals surface area contributed by atoms with Crippen LogP contribution in [0.15, 0.2) is 0 Å². The zero-order chi connectivity index (χ0) is 9.90. The minimum absolute atomic E-state index is 0.265. The number of esters is 1. The zero-order valence-electron chi connectivity index (χ0n) is 7.71. The summed E-state index contributed by atoms with van der Waals surface area (Å²) in [6.45, 7) is 4.11. The molecule has 5 heteroatoms. The zero-order valence-corrected chi connectivity index (χ0v) is 9.30. The smallest absolute Gasteiger partial charge is 0.303 e. The standard InChI is InChI=1S/C8H13BrO4/c1-6(10)13-7-5-12-11-4-3-8(7,2)9/h7H,3-5H2,1-2H3/t7?,8-/m1/s1. The molecule has 4 nitrogen and oxygen atoms in total. The Morgan fingerprint density at radius 2 is 2.31 bits per heavy atom. The van der Waals surface area contributed by atoms with E-state index in [4.69, 9.17) is 14.5 Å². The number of hydrogen-bond acceptors (Lipinski definition) is 4. The normalized spacial score (nSPS) is 35.2. The molecule has 1 heterocycles. The summed E-state index contributed by atoms with van der Waals surface area (Å²) in [5.41, 5.74) is 0. The van der Waals surface area contributed by atoms with Crippen molar-refractivity contribution in [2.45, 2.75) is 30.7 Å². The van der Waals surface area contributed by atoms with E-state index in [2.05, 4.69) is 15.9 Å². The lowest BCUT2D eigenvalue weighted by atomic mass is 10.0. The number of carbonyl (C=O) groups is 1. The van der Waals surface area contributed by atoms with Gasteiger partial charge in [0, 0.05) is 6.92 Å². The van der Waals surface area contributed by atoms with Crippen LogP contribution >= 0.6 is 15.9 Å². The summed E-state index contributed by atoms with van der Waals surface area (Å²) in [6.07, 6.45) is 0.442. The van der Waals surface area contributed by atoms with Crippen molar-refractivity contribution < 1.29 is 19.3 Å². The Bertz CT molecular complexity index is 193. The molecule has 1 aliphatic heterocycles. The van der Waals surface area contributed by atoms with Gasteiger partial charge in [0.25, 0.3) is 0 Å². The minimum atomic E-state index is -0.304. The van der Waals surface area contributed by atoms with Gasteiger partial charge in [0.2, 0.25) is 0 Å². The maximum absolute atomic E-state index is 10.8. The van der Waals surface area contributed by atoms with Crippen LogP contribution < -0.4 is 0 Å². The van der Waals surface area contributed by atoms with Crippen LogP contribution in [-0.4, -0.2) is 29.6 Å². The molecule has 1 saturated heterocycles. The quantitative estimate of drug-likeness (QED) is 0.403. The van der Waals surface area contributed by atoms with Crippen LogP contribution in [0.2, 0.25) is 0 Å². The van der Waals surface area contributed by atoms with Gasteiger partial charge in [-0.1, -0.05) is 15.9 Å². The van der Waals surface area contributed by atoms with Crippen molar-refractivity contribution in [2.24, 2.45) is 0 Å². The van der Waals surface area contributed by atoms with Crippen molar-refractivity contribution >= 4 is 21.9 Å². The molecule has 76 valence electrons. The molecule has 13 heavy (non-hydrogen) atoms. The average Bonchev–Trinajstić information content (AvgIpc) is 2.13. The van der Waals surface area contributed by atoms with Crippen LogP contribution in [0, 0.1) is 0 Å². The summed E-state index contributed by atoms with van der Waals surface area (Å²) in [5.74, 6) is -0.304. The van der Waals surface area contributed by atoms with E-state index in [1.807, 2.05) is 6.92 Å². The first-order valence-corrected chi connectivity index (χ1v) is 4.92. The first-order valence-electron chi connectivity index (χ1n) is 4.13. The summed E-state index contributed by atoms with van der Waals surface area (Å²) in [6, 6.07) is 0. The third-order valence-corrected chi connectivity index (χ3v) is 2.86. The predicted octanol–water partition coefficient (Wildman–Crippen LogP) is 1.42. The Kier molecular flexibility index (Phi) is 3.70. The van der Waals surface area contributed by atoms with Crippen molar-refractivity contribution in [1.29, 1.82) is 0 Å². The van der Waals surface area contributed by atoms with E-state index in [0.29, 0.717) is 6.61 Å². The van der Waals surface area contributed by atoms with Crippen molar-refractivity contribution in [3.8, 4) is 0 Å². The Hall–Kier alpha value is -0.130. The van der Waals surface area contributed by atoms with Gasteiger partial charge in [0.05, 0.1) is 10.9 Å². The average molecular weight is 253 g/mol. The van der Waals surface area contributed by atoms with E-state index in [9.17, 15) is 4.79 Å². The fourth-order valence-corrected chi connectivity index (χ4v) is 1.49. The second-order valence-electron chi connectivity index (χ2n) is 3.23. The van der Waals surface area contributed by atoms with E-state index in [0.717, 1.165) is 6.42 Å². The maximum atomic E-state index is 10.8. The van der Waals surface area contributed by atoms with Gasteiger partial charge in [-0.25, -0.2) is 9.78 Å². The van der Waals surface area contributed by atoms with E-state index in [-0.39, 0.29) is 23.0 Å². The first-order chi connectivity index (χ1) is 6.02. The third kappa shape index (κ3) is 3.25. The molecule has 0 bridgehead atoms. The van der Waals surface area contributed by atoms with Gasteiger partial charge in [-0.05, 0) is 13.3 Å². The van der Waals surface area contributed by atoms with E-state index >= 15 is 0 Å². The van der Waals surface area contributed by atoms with E-state index in [1.165, 1.54) is 6.92 Å². The highest BCUT2D eigenvalue weighted by Gasteiger charge is 2.36. The van der Waals surface area contributed by atoms with Gasteiger partial charge >= 0.3 is 5.97 Å². The monoisotopic (exact) mass is 252 g/mol. The van der Waals surface area contributed by atoms with Crippen LogP contribution in [-0.2, 0) is 19.3 Å². The van der Waals surface area contributed by atoms with Crippen molar-refractivity contribution in [3.05, 3.63) is 0 Å². The Morgan fingerprint density at radius 1 is 1.62 bits per heavy atom. The van der Waals surface area contributed by atoms with Crippen LogP contribution in [0.4, 0.5) is 0 Å². The van der Waals surface area contributed by atoms with Crippen LogP contribution in [0.25, 0.3) is 0 Å². The van der Waals surface area contributed by atoms with Crippen LogP contribution in [0.5, 0.6) is 0 Å². The molecule has 0 aromatic rings. The first kappa shape index (κ1) is 10.9. The molecule has 1 rings (SSSR count). The topological polar surface area (TPSA) is 44.8 Å². The van der Waals surface area contributed by atoms with Gasteiger partial charge in [-0.3, -0.25) is 4.79 Å². The molecule has 0 aliphatic carbocycles. The van der Waals surface area contributed by atoms with E-state index < -0.39 is 0 Å². The SMILES string of the molecule is CC(=O)OC1COOCC[C@@]1(C)Br. The third-order valence-electron chi connectivity index (χ3n) is 1.96. The summed E-state index contributed by atoms with van der Waals surface area (Å²) < 4.78 is 4.83. The van der Waals surface area contributed by atoms with Gasteiger partial charge < -0.3 is 4.74 Å². The molecule has 0 radical (unpaired) electrons. The predicted molar refractivity (Wildman–Crippen MR) is 49.4 cm³/mol. The minimum Gasteiger partial charge on any atom is -0.458 e. The summed E-state index contributed by atoms with van der Waals surface area (Å²) in [4.78, 5) is 20.4. The highest BCUT2D eigenvalue weighted by atomic mass is 79.9. The molecule has 0 amide bonds. The fraction of sp³-hybridized carbons (Fsp3) is 0.875. The van der Waals surface area contributed by atoms with Gasteiger partial charge in [-0.2, -0.15) is 0 Å². The molecule has 0 aromatic carbocycles. The second-order valence-corrected chi connectivity index (χ2v) is 5.04. The summed E-state index contributed by atoms with van der Waals surface area (Å²) >= 11 is 3.50. The molecule has 0 saturated carbocycles. The maximum Gasteiger partial charge on any atom is 0.303 e. The van der Waals surface area contributed by atoms with Gasteiger partial charge in [-0.15, -0.1) is 0 Å². The number of ether oxygens (including phenoxy) is 1. The highest BCUT2D eigenvalue weighted by molar-refractivity contribution is 9.10. The lowest BCUT2D eigenvalue weighted by molar-refractivity contribution is -0.295. The molecule has 1 unspecified atom stereocenters. The Labute approximate surface area is 85.6 Å². The summed E-state index contributed by atoms with van der Waals surface area (Å²) in [5, 5.41) is 0. The number of halogens is 1. The Morgan fingerprint density at radius 3 is 2.92 bits per heavy atom. The van der Waals surface area contributed by atoms with Crippen LogP contribution in [0.1, 0.15) is 20.3 Å². The second kappa shape index (κ2) is 4.39. The molecular formula is C8H13BrO4. The number of rotatable bonds is 1. The number of alkyl halides is 1. The van der Waals surface area contributed by atoms with E-state index in [1.54, 1.807) is 0 Å². The number of carbonyl (C=O) groups excluding carboxylic acids is 1. The molecule has 0 N–H and O–H groups in total. The van der Waals surface area contributed by atoms with Gasteiger partial charge in [0.15, 0.2) is 0 Å². The molecule has 0 spiro atoms. The van der Waals surface area contributed by atoms with Gasteiger partial charge in [0.1, 0.15) is 12.7 Å². The lowest BCUT2D eigenvalue weighted by Gasteiger charge is -2.27. The van der Waals surface area contributed by atoms with Crippen molar-refractivity contribution in [1.82, 2.24) is 0 Å². The molecule has 2 atom stereocenters. The largest absolute Gasteiger partial charge is 0.458 e. The molecule has 1 fully saturated rings. The lowest BCUT2D eigenvalue weighted by Crippen LogP contribution is -2.39.